The van der Waals surface area contributed by atoms with Gasteiger partial charge in [-0.1, -0.05) is 19.8 Å². The van der Waals surface area contributed by atoms with Gasteiger partial charge in [0, 0.05) is 6.04 Å². The van der Waals surface area contributed by atoms with Gasteiger partial charge in [0.15, 0.2) is 0 Å². The van der Waals surface area contributed by atoms with Crippen LogP contribution in [0.4, 0.5) is 0 Å². The Bertz CT molecular complexity index is 399. The monoisotopic (exact) mass is 264 g/mol. The van der Waals surface area contributed by atoms with Gasteiger partial charge in [-0.25, -0.2) is 0 Å². The second-order valence-corrected chi connectivity index (χ2v) is 6.56. The Kier molecular flexibility index (Phi) is 3.06. The third-order valence-electron chi connectivity index (χ3n) is 5.28. The van der Waals surface area contributed by atoms with Gasteiger partial charge in [0.2, 0.25) is 11.8 Å². The van der Waals surface area contributed by atoms with E-state index < -0.39 is 5.54 Å². The molecule has 0 spiro atoms. The highest BCUT2D eigenvalue weighted by atomic mass is 16.2. The van der Waals surface area contributed by atoms with Crippen LogP contribution < -0.4 is 5.32 Å². The van der Waals surface area contributed by atoms with Gasteiger partial charge < -0.3 is 10.2 Å². The average molecular weight is 264 g/mol. The van der Waals surface area contributed by atoms with Gasteiger partial charge in [0.05, 0.1) is 0 Å². The highest BCUT2D eigenvalue weighted by molar-refractivity contribution is 6.00. The van der Waals surface area contributed by atoms with E-state index in [1.807, 2.05) is 18.7 Å². The van der Waals surface area contributed by atoms with Crippen molar-refractivity contribution in [3.8, 4) is 0 Å². The molecule has 1 heterocycles. The molecule has 0 radical (unpaired) electrons. The topological polar surface area (TPSA) is 49.4 Å². The Morgan fingerprint density at radius 2 is 1.84 bits per heavy atom. The molecule has 2 aliphatic carbocycles. The van der Waals surface area contributed by atoms with Crippen LogP contribution in [0.1, 0.15) is 58.8 Å². The number of carbonyl (C=O) groups is 2. The summed E-state index contributed by atoms with van der Waals surface area (Å²) in [6.45, 7) is 3.94. The first-order valence-corrected chi connectivity index (χ1v) is 7.72. The summed E-state index contributed by atoms with van der Waals surface area (Å²) in [5.41, 5.74) is -0.641. The van der Waals surface area contributed by atoms with E-state index in [-0.39, 0.29) is 23.9 Å². The van der Waals surface area contributed by atoms with Crippen LogP contribution in [0.2, 0.25) is 0 Å². The molecule has 0 aromatic heterocycles. The molecule has 3 rings (SSSR count). The van der Waals surface area contributed by atoms with Gasteiger partial charge in [-0.05, 0) is 44.9 Å². The minimum absolute atomic E-state index is 0.0541. The molecule has 4 nitrogen and oxygen atoms in total. The summed E-state index contributed by atoms with van der Waals surface area (Å²) in [6, 6.07) is 0.0393. The Balaban J connectivity index is 1.91. The third kappa shape index (κ3) is 1.96. The predicted molar refractivity (Wildman–Crippen MR) is 72.5 cm³/mol. The van der Waals surface area contributed by atoms with E-state index in [0.29, 0.717) is 12.3 Å². The molecule has 2 atom stereocenters. The molecule has 1 N–H and O–H groups in total. The Morgan fingerprint density at radius 1 is 1.21 bits per heavy atom. The SMILES string of the molecule is CCC1(C)C(=O)NC(C2CC2)C(=O)N1C1CCCC1. The molecular weight excluding hydrogens is 240 g/mol. The van der Waals surface area contributed by atoms with E-state index in [1.54, 1.807) is 0 Å². The quantitative estimate of drug-likeness (QED) is 0.845. The normalized spacial score (nSPS) is 36.7. The minimum Gasteiger partial charge on any atom is -0.342 e. The highest BCUT2D eigenvalue weighted by Gasteiger charge is 2.54. The lowest BCUT2D eigenvalue weighted by Gasteiger charge is -2.49. The van der Waals surface area contributed by atoms with E-state index >= 15 is 0 Å². The molecule has 2 saturated carbocycles. The lowest BCUT2D eigenvalue weighted by molar-refractivity contribution is -0.160. The summed E-state index contributed by atoms with van der Waals surface area (Å²) in [5, 5.41) is 2.99. The maximum Gasteiger partial charge on any atom is 0.246 e. The maximum absolute atomic E-state index is 12.8. The molecule has 19 heavy (non-hydrogen) atoms. The van der Waals surface area contributed by atoms with Crippen LogP contribution in [0.25, 0.3) is 0 Å². The zero-order chi connectivity index (χ0) is 13.6. The predicted octanol–water partition coefficient (Wildman–Crippen LogP) is 1.83. The first-order valence-electron chi connectivity index (χ1n) is 7.72. The van der Waals surface area contributed by atoms with Crippen LogP contribution in [0.15, 0.2) is 0 Å². The van der Waals surface area contributed by atoms with Gasteiger partial charge in [0.25, 0.3) is 0 Å². The molecule has 4 heteroatoms. The first kappa shape index (κ1) is 12.9. The number of nitrogens with zero attached hydrogens (tertiary/aromatic N) is 1. The number of hydrogen-bond donors (Lipinski definition) is 1. The van der Waals surface area contributed by atoms with Crippen LogP contribution in [0, 0.1) is 5.92 Å². The first-order chi connectivity index (χ1) is 9.08. The number of hydrogen-bond acceptors (Lipinski definition) is 2. The third-order valence-corrected chi connectivity index (χ3v) is 5.28. The summed E-state index contributed by atoms with van der Waals surface area (Å²) in [7, 11) is 0. The molecule has 3 fully saturated rings. The van der Waals surface area contributed by atoms with Gasteiger partial charge in [-0.3, -0.25) is 9.59 Å². The van der Waals surface area contributed by atoms with Crippen molar-refractivity contribution < 1.29 is 9.59 Å². The summed E-state index contributed by atoms with van der Waals surface area (Å²) in [6.07, 6.45) is 7.35. The Hall–Kier alpha value is -1.06. The van der Waals surface area contributed by atoms with Crippen LogP contribution in [-0.4, -0.2) is 34.3 Å². The van der Waals surface area contributed by atoms with Crippen molar-refractivity contribution in [3.63, 3.8) is 0 Å². The largest absolute Gasteiger partial charge is 0.342 e. The average Bonchev–Trinajstić information content (AvgIpc) is 3.10. The number of carbonyl (C=O) groups excluding carboxylic acids is 2. The lowest BCUT2D eigenvalue weighted by Crippen LogP contribution is -2.71. The van der Waals surface area contributed by atoms with E-state index in [4.69, 9.17) is 0 Å². The molecule has 2 unspecified atom stereocenters. The smallest absolute Gasteiger partial charge is 0.246 e. The molecule has 1 aliphatic heterocycles. The van der Waals surface area contributed by atoms with Crippen molar-refractivity contribution in [1.29, 1.82) is 0 Å². The van der Waals surface area contributed by atoms with Crippen molar-refractivity contribution in [1.82, 2.24) is 10.2 Å². The summed E-state index contributed by atoms with van der Waals surface area (Å²) < 4.78 is 0. The minimum atomic E-state index is -0.641. The van der Waals surface area contributed by atoms with E-state index in [9.17, 15) is 9.59 Å². The molecular formula is C15H24N2O2. The standard InChI is InChI=1S/C15H24N2O2/c1-3-15(2)14(19)16-12(10-8-9-10)13(18)17(15)11-6-4-5-7-11/h10-12H,3-9H2,1-2H3,(H,16,19). The van der Waals surface area contributed by atoms with Gasteiger partial charge in [-0.2, -0.15) is 0 Å². The zero-order valence-electron chi connectivity index (χ0n) is 11.9. The fourth-order valence-electron chi connectivity index (χ4n) is 3.69. The van der Waals surface area contributed by atoms with Crippen molar-refractivity contribution in [2.75, 3.05) is 0 Å². The van der Waals surface area contributed by atoms with Crippen LogP contribution in [-0.2, 0) is 9.59 Å². The van der Waals surface area contributed by atoms with E-state index in [0.717, 1.165) is 25.7 Å². The van der Waals surface area contributed by atoms with Crippen LogP contribution in [0.3, 0.4) is 0 Å². The van der Waals surface area contributed by atoms with Crippen molar-refractivity contribution >= 4 is 11.8 Å². The Labute approximate surface area is 114 Å². The van der Waals surface area contributed by atoms with Crippen molar-refractivity contribution in [3.05, 3.63) is 0 Å². The molecule has 0 bridgehead atoms. The van der Waals surface area contributed by atoms with E-state index in [2.05, 4.69) is 5.32 Å². The molecule has 106 valence electrons. The molecule has 1 saturated heterocycles. The van der Waals surface area contributed by atoms with Gasteiger partial charge >= 0.3 is 0 Å². The molecule has 3 aliphatic rings. The summed E-state index contributed by atoms with van der Waals surface area (Å²) >= 11 is 0. The summed E-state index contributed by atoms with van der Waals surface area (Å²) in [5.74, 6) is 0.624. The fraction of sp³-hybridized carbons (Fsp3) is 0.867. The fourth-order valence-corrected chi connectivity index (χ4v) is 3.69. The molecule has 0 aromatic carbocycles. The number of rotatable bonds is 3. The number of amides is 2. The van der Waals surface area contributed by atoms with Crippen LogP contribution >= 0.6 is 0 Å². The lowest BCUT2D eigenvalue weighted by atomic mass is 9.87. The van der Waals surface area contributed by atoms with E-state index in [1.165, 1.54) is 12.8 Å². The number of nitrogens with one attached hydrogen (secondary N) is 1. The van der Waals surface area contributed by atoms with Crippen LogP contribution in [0.5, 0.6) is 0 Å². The van der Waals surface area contributed by atoms with Crippen molar-refractivity contribution in [2.45, 2.75) is 76.4 Å². The van der Waals surface area contributed by atoms with Gasteiger partial charge in [-0.15, -0.1) is 0 Å². The highest BCUT2D eigenvalue weighted by Crippen LogP contribution is 2.40. The second-order valence-electron chi connectivity index (χ2n) is 6.56. The van der Waals surface area contributed by atoms with Gasteiger partial charge in [0.1, 0.15) is 11.6 Å². The second kappa shape index (κ2) is 4.50. The molecule has 2 amide bonds. The zero-order valence-corrected chi connectivity index (χ0v) is 11.9. The van der Waals surface area contributed by atoms with Crippen molar-refractivity contribution in [2.24, 2.45) is 5.92 Å². The number of piperazine rings is 1. The summed E-state index contributed by atoms with van der Waals surface area (Å²) in [4.78, 5) is 27.3. The maximum atomic E-state index is 12.8. The molecule has 0 aromatic rings. The Morgan fingerprint density at radius 3 is 2.37 bits per heavy atom.